The number of piperidine rings is 1. The summed E-state index contributed by atoms with van der Waals surface area (Å²) in [4.78, 5) is 18.6. The fourth-order valence-corrected chi connectivity index (χ4v) is 3.46. The van der Waals surface area contributed by atoms with Gasteiger partial charge in [-0.15, -0.1) is 11.3 Å². The van der Waals surface area contributed by atoms with E-state index in [0.29, 0.717) is 42.5 Å². The topological polar surface area (TPSA) is 83.9 Å². The van der Waals surface area contributed by atoms with E-state index in [0.717, 1.165) is 11.4 Å². The Morgan fingerprint density at radius 2 is 2.08 bits per heavy atom. The maximum Gasteiger partial charge on any atom is 0.273 e. The molecule has 0 unspecified atom stereocenters. The van der Waals surface area contributed by atoms with Crippen molar-refractivity contribution in [1.29, 1.82) is 0 Å². The number of anilines is 2. The predicted octanol–water partition coefficient (Wildman–Crippen LogP) is 2.21. The van der Waals surface area contributed by atoms with Crippen LogP contribution in [0.2, 0.25) is 0 Å². The lowest BCUT2D eigenvalue weighted by atomic mass is 10.1. The van der Waals surface area contributed by atoms with Crippen molar-refractivity contribution in [3.63, 3.8) is 0 Å². The van der Waals surface area contributed by atoms with Gasteiger partial charge in [-0.25, -0.2) is 4.98 Å². The van der Waals surface area contributed by atoms with E-state index in [4.69, 9.17) is 9.47 Å². The van der Waals surface area contributed by atoms with Crippen LogP contribution in [-0.2, 0) is 0 Å². The number of nitrogens with zero attached hydrogens (tertiary/aromatic N) is 2. The van der Waals surface area contributed by atoms with E-state index in [-0.39, 0.29) is 18.8 Å². The molecule has 2 aliphatic rings. The Kier molecular flexibility index (Phi) is 3.99. The Labute approximate surface area is 142 Å². The van der Waals surface area contributed by atoms with Gasteiger partial charge in [0.25, 0.3) is 5.91 Å². The normalized spacial score (nSPS) is 17.1. The average molecular weight is 347 g/mol. The van der Waals surface area contributed by atoms with Gasteiger partial charge in [0.1, 0.15) is 5.69 Å². The average Bonchev–Trinajstić information content (AvgIpc) is 3.24. The van der Waals surface area contributed by atoms with Crippen LogP contribution in [-0.4, -0.2) is 46.9 Å². The molecule has 1 aromatic carbocycles. The SMILES string of the molecule is O=C(c1csc(Nc2ccc3c(c2)OCO3)n1)N1CCC(O)CC1. The molecule has 0 radical (unpaired) electrons. The summed E-state index contributed by atoms with van der Waals surface area (Å²) >= 11 is 1.38. The molecule has 7 nitrogen and oxygen atoms in total. The molecule has 126 valence electrons. The maximum atomic E-state index is 12.4. The van der Waals surface area contributed by atoms with Gasteiger partial charge in [0, 0.05) is 30.2 Å². The van der Waals surface area contributed by atoms with Crippen molar-refractivity contribution >= 4 is 28.1 Å². The number of hydrogen-bond donors (Lipinski definition) is 2. The van der Waals surface area contributed by atoms with Crippen LogP contribution in [0.1, 0.15) is 23.3 Å². The largest absolute Gasteiger partial charge is 0.454 e. The summed E-state index contributed by atoms with van der Waals surface area (Å²) in [5.74, 6) is 1.33. The second-order valence-electron chi connectivity index (χ2n) is 5.75. The summed E-state index contributed by atoms with van der Waals surface area (Å²) in [6.07, 6.45) is 0.948. The summed E-state index contributed by atoms with van der Waals surface area (Å²) in [7, 11) is 0. The van der Waals surface area contributed by atoms with E-state index >= 15 is 0 Å². The van der Waals surface area contributed by atoms with Crippen LogP contribution in [0.15, 0.2) is 23.6 Å². The third kappa shape index (κ3) is 3.02. The number of ether oxygens (including phenoxy) is 2. The minimum absolute atomic E-state index is 0.0862. The van der Waals surface area contributed by atoms with Crippen molar-refractivity contribution in [3.05, 3.63) is 29.3 Å². The molecule has 1 aromatic heterocycles. The molecule has 24 heavy (non-hydrogen) atoms. The highest BCUT2D eigenvalue weighted by Crippen LogP contribution is 2.35. The van der Waals surface area contributed by atoms with Crippen LogP contribution in [0, 0.1) is 0 Å². The van der Waals surface area contributed by atoms with Crippen LogP contribution in [0.4, 0.5) is 10.8 Å². The molecule has 0 atom stereocenters. The van der Waals surface area contributed by atoms with Crippen molar-refractivity contribution in [2.75, 3.05) is 25.2 Å². The van der Waals surface area contributed by atoms with Gasteiger partial charge in [-0.3, -0.25) is 4.79 Å². The van der Waals surface area contributed by atoms with E-state index in [2.05, 4.69) is 10.3 Å². The number of rotatable bonds is 3. The Morgan fingerprint density at radius 3 is 2.92 bits per heavy atom. The first-order valence-electron chi connectivity index (χ1n) is 7.78. The standard InChI is InChI=1S/C16H17N3O4S/c20-11-3-5-19(6-4-11)15(21)12-8-24-16(18-12)17-10-1-2-13-14(7-10)23-9-22-13/h1-2,7-8,11,20H,3-6,9H2,(H,17,18). The van der Waals surface area contributed by atoms with Gasteiger partial charge in [0.15, 0.2) is 16.6 Å². The number of aliphatic hydroxyl groups is 1. The summed E-state index contributed by atoms with van der Waals surface area (Å²) in [5.41, 5.74) is 1.26. The van der Waals surface area contributed by atoms with E-state index in [1.165, 1.54) is 11.3 Å². The number of aliphatic hydroxyl groups excluding tert-OH is 1. The quantitative estimate of drug-likeness (QED) is 0.886. The van der Waals surface area contributed by atoms with Crippen LogP contribution < -0.4 is 14.8 Å². The molecule has 8 heteroatoms. The number of amides is 1. The Bertz CT molecular complexity index is 756. The third-order valence-corrected chi connectivity index (χ3v) is 4.86. The molecule has 4 rings (SSSR count). The fraction of sp³-hybridized carbons (Fsp3) is 0.375. The molecule has 2 aromatic rings. The molecule has 2 N–H and O–H groups in total. The second-order valence-corrected chi connectivity index (χ2v) is 6.61. The lowest BCUT2D eigenvalue weighted by Crippen LogP contribution is -2.40. The third-order valence-electron chi connectivity index (χ3n) is 4.10. The van der Waals surface area contributed by atoms with Crippen molar-refractivity contribution in [2.24, 2.45) is 0 Å². The number of thiazole rings is 1. The van der Waals surface area contributed by atoms with Gasteiger partial charge in [-0.1, -0.05) is 0 Å². The highest BCUT2D eigenvalue weighted by Gasteiger charge is 2.24. The summed E-state index contributed by atoms with van der Waals surface area (Å²) in [6.45, 7) is 1.38. The van der Waals surface area contributed by atoms with E-state index in [1.807, 2.05) is 18.2 Å². The zero-order chi connectivity index (χ0) is 16.5. The number of carbonyl (C=O) groups excluding carboxylic acids is 1. The zero-order valence-corrected chi connectivity index (χ0v) is 13.7. The summed E-state index contributed by atoms with van der Waals surface area (Å²) in [5, 5.41) is 15.1. The number of carbonyl (C=O) groups is 1. The molecule has 1 amide bonds. The van der Waals surface area contributed by atoms with E-state index in [9.17, 15) is 9.90 Å². The minimum atomic E-state index is -0.298. The molecule has 0 saturated carbocycles. The number of nitrogens with one attached hydrogen (secondary N) is 1. The van der Waals surface area contributed by atoms with Crippen molar-refractivity contribution in [2.45, 2.75) is 18.9 Å². The van der Waals surface area contributed by atoms with Gasteiger partial charge in [-0.05, 0) is 25.0 Å². The number of aromatic nitrogens is 1. The number of fused-ring (bicyclic) bond motifs is 1. The van der Waals surface area contributed by atoms with Crippen molar-refractivity contribution in [3.8, 4) is 11.5 Å². The van der Waals surface area contributed by atoms with Gasteiger partial charge in [-0.2, -0.15) is 0 Å². The van der Waals surface area contributed by atoms with Crippen molar-refractivity contribution in [1.82, 2.24) is 9.88 Å². The van der Waals surface area contributed by atoms with Gasteiger partial charge >= 0.3 is 0 Å². The van der Waals surface area contributed by atoms with Gasteiger partial charge in [0.2, 0.25) is 6.79 Å². The fourth-order valence-electron chi connectivity index (χ4n) is 2.76. The van der Waals surface area contributed by atoms with Crippen LogP contribution >= 0.6 is 11.3 Å². The molecular formula is C16H17N3O4S. The molecule has 0 bridgehead atoms. The van der Waals surface area contributed by atoms with Crippen LogP contribution in [0.5, 0.6) is 11.5 Å². The number of likely N-dealkylation sites (tertiary alicyclic amines) is 1. The van der Waals surface area contributed by atoms with Crippen molar-refractivity contribution < 1.29 is 19.4 Å². The molecule has 2 aliphatic heterocycles. The molecular weight excluding hydrogens is 330 g/mol. The Balaban J connectivity index is 1.44. The summed E-state index contributed by atoms with van der Waals surface area (Å²) in [6, 6.07) is 5.56. The Morgan fingerprint density at radius 1 is 1.29 bits per heavy atom. The van der Waals surface area contributed by atoms with Crippen LogP contribution in [0.25, 0.3) is 0 Å². The highest BCUT2D eigenvalue weighted by atomic mass is 32.1. The maximum absolute atomic E-state index is 12.4. The van der Waals surface area contributed by atoms with Gasteiger partial charge in [0.05, 0.1) is 6.10 Å². The molecule has 0 spiro atoms. The van der Waals surface area contributed by atoms with Crippen LogP contribution in [0.3, 0.4) is 0 Å². The zero-order valence-electron chi connectivity index (χ0n) is 12.9. The van der Waals surface area contributed by atoms with E-state index < -0.39 is 0 Å². The molecule has 0 aliphatic carbocycles. The lowest BCUT2D eigenvalue weighted by Gasteiger charge is -2.28. The first kappa shape index (κ1) is 15.2. The molecule has 1 saturated heterocycles. The first-order valence-corrected chi connectivity index (χ1v) is 8.66. The lowest BCUT2D eigenvalue weighted by molar-refractivity contribution is 0.0542. The number of benzene rings is 1. The summed E-state index contributed by atoms with van der Waals surface area (Å²) < 4.78 is 10.6. The molecule has 3 heterocycles. The Hall–Kier alpha value is -2.32. The smallest absolute Gasteiger partial charge is 0.273 e. The van der Waals surface area contributed by atoms with Gasteiger partial charge < -0.3 is 24.8 Å². The highest BCUT2D eigenvalue weighted by molar-refractivity contribution is 7.14. The first-order chi connectivity index (χ1) is 11.7. The molecule has 1 fully saturated rings. The monoisotopic (exact) mass is 347 g/mol. The predicted molar refractivity (Wildman–Crippen MR) is 89.1 cm³/mol. The number of hydrogen-bond acceptors (Lipinski definition) is 7. The van der Waals surface area contributed by atoms with E-state index in [1.54, 1.807) is 10.3 Å². The minimum Gasteiger partial charge on any atom is -0.454 e. The second kappa shape index (κ2) is 6.29.